The Morgan fingerprint density at radius 3 is 2.03 bits per heavy atom. The number of esters is 1. The number of piperidine rings is 1. The lowest BCUT2D eigenvalue weighted by Crippen LogP contribution is -2.58. The van der Waals surface area contributed by atoms with Crippen LogP contribution in [0.15, 0.2) is 90.6 Å². The van der Waals surface area contributed by atoms with Gasteiger partial charge in [-0.1, -0.05) is 87.7 Å². The highest BCUT2D eigenvalue weighted by molar-refractivity contribution is 7.13. The molecule has 3 N–H and O–H groups in total. The molecule has 6 aromatic rings. The number of carbonyl (C=O) groups is 5. The monoisotopic (exact) mass is 1420 g/mol. The number of β-amino-alcohol motifs (C(OH)–C–C–N with tert-alkyl or cyclic N) is 1. The SMILES string of the molecule is COc1ccc(CCC(OC(=O)C2CCCCN2C(=O)[C@H](c2cc(OC)c(OC)c(OC)c2)C2CCCCC2)c2cccc(OCc3cn(CCOCCOCCOCCOCC(=O)N[C@H](C(=O)N4C[C@H](O)C[C@H]4C(=O)NCc4ccc(-c5scnc5C)cc4)C(C)(C)C)nn3)c2)cc1OC. The van der Waals surface area contributed by atoms with Crippen LogP contribution in [-0.2, 0) is 73.8 Å². The molecule has 3 aliphatic rings. The lowest BCUT2D eigenvalue weighted by atomic mass is 9.75. The molecule has 1 saturated carbocycles. The highest BCUT2D eigenvalue weighted by Crippen LogP contribution is 2.46. The average molecular weight is 1420 g/mol. The second kappa shape index (κ2) is 38.0. The molecule has 4 heterocycles. The molecule has 2 aliphatic heterocycles. The fraction of sp³-hybridized carbons (Fsp3) is 0.547. The van der Waals surface area contributed by atoms with Gasteiger partial charge >= 0.3 is 5.97 Å². The number of ether oxygens (including phenoxy) is 11. The summed E-state index contributed by atoms with van der Waals surface area (Å²) < 4.78 is 65.6. The van der Waals surface area contributed by atoms with Crippen molar-refractivity contribution in [3.8, 4) is 44.9 Å². The second-order valence-corrected chi connectivity index (χ2v) is 27.6. The molecule has 26 heteroatoms. The van der Waals surface area contributed by atoms with Crippen molar-refractivity contribution in [3.63, 3.8) is 0 Å². The molecule has 25 nitrogen and oxygen atoms in total. The number of aromatic nitrogens is 4. The van der Waals surface area contributed by atoms with Gasteiger partial charge in [0.1, 0.15) is 48.9 Å². The maximum atomic E-state index is 15.3. The zero-order valence-corrected chi connectivity index (χ0v) is 60.6. The van der Waals surface area contributed by atoms with E-state index in [1.54, 1.807) is 62.7 Å². The van der Waals surface area contributed by atoms with E-state index in [9.17, 15) is 24.3 Å². The van der Waals surface area contributed by atoms with E-state index in [2.05, 4.69) is 25.9 Å². The number of amides is 4. The summed E-state index contributed by atoms with van der Waals surface area (Å²) >= 11 is 1.57. The minimum absolute atomic E-state index is 0.0346. The molecule has 0 bridgehead atoms. The zero-order chi connectivity index (χ0) is 71.8. The van der Waals surface area contributed by atoms with Gasteiger partial charge in [0.25, 0.3) is 0 Å². The number of hydrogen-bond acceptors (Lipinski definition) is 21. The van der Waals surface area contributed by atoms with Crippen molar-refractivity contribution in [2.75, 3.05) is 101 Å². The van der Waals surface area contributed by atoms with Crippen molar-refractivity contribution in [1.82, 2.24) is 40.4 Å². The van der Waals surface area contributed by atoms with Gasteiger partial charge in [0.2, 0.25) is 29.4 Å². The van der Waals surface area contributed by atoms with Gasteiger partial charge in [-0.25, -0.2) is 14.5 Å². The van der Waals surface area contributed by atoms with Crippen LogP contribution in [0.2, 0.25) is 0 Å². The molecule has 2 unspecified atom stereocenters. The van der Waals surface area contributed by atoms with Gasteiger partial charge in [-0.3, -0.25) is 19.2 Å². The molecule has 3 fully saturated rings. The first-order chi connectivity index (χ1) is 48.9. The number of benzene rings is 4. The summed E-state index contributed by atoms with van der Waals surface area (Å²) in [4.78, 5) is 79.3. The Hall–Kier alpha value is -8.40. The number of aryl methyl sites for hydroxylation is 2. The minimum Gasteiger partial charge on any atom is -0.493 e. The summed E-state index contributed by atoms with van der Waals surface area (Å²) in [7, 11) is 7.88. The quantitative estimate of drug-likeness (QED) is 0.0242. The highest BCUT2D eigenvalue weighted by atomic mass is 32.1. The van der Waals surface area contributed by atoms with Crippen LogP contribution in [-0.4, -0.2) is 190 Å². The Morgan fingerprint density at radius 2 is 1.37 bits per heavy atom. The van der Waals surface area contributed by atoms with E-state index < -0.39 is 59.5 Å². The Kier molecular flexibility index (Phi) is 28.9. The molecule has 1 aliphatic carbocycles. The molecule has 101 heavy (non-hydrogen) atoms. The smallest absolute Gasteiger partial charge is 0.329 e. The zero-order valence-electron chi connectivity index (χ0n) is 59.7. The Balaban J connectivity index is 0.690. The van der Waals surface area contributed by atoms with Gasteiger partial charge in [0.15, 0.2) is 23.0 Å². The molecule has 4 aromatic carbocycles. The molecule has 9 rings (SSSR count). The molecule has 2 aromatic heterocycles. The molecule has 4 amide bonds. The van der Waals surface area contributed by atoms with Crippen molar-refractivity contribution in [1.29, 1.82) is 0 Å². The first kappa shape index (κ1) is 76.8. The summed E-state index contributed by atoms with van der Waals surface area (Å²) in [6.07, 6.45) is 8.12. The van der Waals surface area contributed by atoms with E-state index in [1.807, 2.05) is 112 Å². The molecular formula is C75H100N8O17S. The van der Waals surface area contributed by atoms with Gasteiger partial charge < -0.3 is 77.6 Å². The van der Waals surface area contributed by atoms with Gasteiger partial charge in [-0.15, -0.1) is 16.4 Å². The fourth-order valence-electron chi connectivity index (χ4n) is 13.3. The minimum atomic E-state index is -0.991. The summed E-state index contributed by atoms with van der Waals surface area (Å²) in [6, 6.07) is 22.1. The Labute approximate surface area is 596 Å². The normalized spacial score (nSPS) is 17.3. The van der Waals surface area contributed by atoms with E-state index in [0.29, 0.717) is 106 Å². The maximum Gasteiger partial charge on any atom is 0.329 e. The van der Waals surface area contributed by atoms with Crippen LogP contribution in [0.3, 0.4) is 0 Å². The predicted molar refractivity (Wildman–Crippen MR) is 377 cm³/mol. The third kappa shape index (κ3) is 21.3. The number of likely N-dealkylation sites (tertiary alicyclic amines) is 2. The van der Waals surface area contributed by atoms with Crippen molar-refractivity contribution in [2.24, 2.45) is 11.3 Å². The standard InChI is InChI=1S/C75H100N8O17S/c1-49-69(101-48-77-49)53-25-21-51(22-26-53)43-76-71(86)60-42-57(84)45-83(60)73(88)70(75(2,3)4)78-66(85)47-98-37-36-97-35-34-96-33-32-95-31-30-81-44-56(79-80-81)46-99-58-19-15-18-54(39-58)61(27-23-50-24-28-62(90-5)63(38-50)91-6)100-74(89)59-20-13-14-29-82(59)72(87)67(52-16-11-10-12-17-52)55-40-64(92-7)68(94-9)65(41-55)93-8/h15,18-19,21-22,24-26,28,38-41,44,48,52,57,59-61,67,70,84H,10-14,16-17,20,23,27,29-37,42-43,45-47H2,1-9H3,(H,76,86)(H,78,85)/t57-,59?,60+,61?,67+,70-/m1/s1. The lowest BCUT2D eigenvalue weighted by Gasteiger charge is -2.40. The van der Waals surface area contributed by atoms with E-state index in [4.69, 9.17) is 52.1 Å². The van der Waals surface area contributed by atoms with Crippen LogP contribution in [0.1, 0.15) is 131 Å². The van der Waals surface area contributed by atoms with Crippen LogP contribution < -0.4 is 39.1 Å². The van der Waals surface area contributed by atoms with Gasteiger partial charge in [0.05, 0.1) is 123 Å². The van der Waals surface area contributed by atoms with E-state index in [0.717, 1.165) is 83.3 Å². The highest BCUT2D eigenvalue weighted by Gasteiger charge is 2.45. The third-order valence-electron chi connectivity index (χ3n) is 18.6. The number of hydrogen-bond donors (Lipinski definition) is 3. The number of methoxy groups -OCH3 is 5. The molecule has 0 radical (unpaired) electrons. The predicted octanol–water partition coefficient (Wildman–Crippen LogP) is 9.17. The Bertz CT molecular complexity index is 3620. The number of rotatable bonds is 37. The summed E-state index contributed by atoms with van der Waals surface area (Å²) in [5.41, 5.74) is 7.01. The van der Waals surface area contributed by atoms with Crippen LogP contribution in [0, 0.1) is 18.3 Å². The van der Waals surface area contributed by atoms with Gasteiger partial charge in [0, 0.05) is 26.1 Å². The first-order valence-electron chi connectivity index (χ1n) is 34.9. The van der Waals surface area contributed by atoms with Gasteiger partial charge in [-0.2, -0.15) is 0 Å². The number of nitrogens with one attached hydrogen (secondary N) is 2. The number of thiazole rings is 1. The molecule has 6 atom stereocenters. The number of aliphatic hydroxyl groups is 1. The van der Waals surface area contributed by atoms with E-state index in [1.165, 1.54) is 4.90 Å². The second-order valence-electron chi connectivity index (χ2n) is 26.7. The first-order valence-corrected chi connectivity index (χ1v) is 35.8. The molecule has 2 saturated heterocycles. The van der Waals surface area contributed by atoms with Crippen molar-refractivity contribution in [2.45, 2.75) is 154 Å². The Morgan fingerprint density at radius 1 is 0.693 bits per heavy atom. The average Bonchev–Trinajstić information content (AvgIpc) is 1.75. The van der Waals surface area contributed by atoms with Crippen LogP contribution >= 0.6 is 11.3 Å². The van der Waals surface area contributed by atoms with Gasteiger partial charge in [-0.05, 0) is 127 Å². The number of aliphatic hydroxyl groups excluding tert-OH is 1. The number of nitrogens with zero attached hydrogens (tertiary/aromatic N) is 6. The topological polar surface area (TPSA) is 281 Å². The lowest BCUT2D eigenvalue weighted by molar-refractivity contribution is -0.163. The molecule has 548 valence electrons. The summed E-state index contributed by atoms with van der Waals surface area (Å²) in [5.74, 6) is 0.727. The van der Waals surface area contributed by atoms with Crippen molar-refractivity contribution < 1.29 is 81.2 Å². The molecule has 0 spiro atoms. The fourth-order valence-corrected chi connectivity index (χ4v) is 14.1. The number of carbonyl (C=O) groups excluding carboxylic acids is 5. The molecular weight excluding hydrogens is 1320 g/mol. The van der Waals surface area contributed by atoms with Crippen molar-refractivity contribution >= 4 is 40.9 Å². The third-order valence-corrected chi connectivity index (χ3v) is 19.6. The maximum absolute atomic E-state index is 15.3. The van der Waals surface area contributed by atoms with Crippen LogP contribution in [0.5, 0.6) is 34.5 Å². The van der Waals surface area contributed by atoms with E-state index >= 15 is 4.79 Å². The van der Waals surface area contributed by atoms with Crippen LogP contribution in [0.25, 0.3) is 10.4 Å². The summed E-state index contributed by atoms with van der Waals surface area (Å²) in [6.45, 7) is 10.3. The summed E-state index contributed by atoms with van der Waals surface area (Å²) in [5, 5.41) is 24.9. The largest absolute Gasteiger partial charge is 0.493 e. The van der Waals surface area contributed by atoms with E-state index in [-0.39, 0.29) is 63.7 Å². The van der Waals surface area contributed by atoms with Crippen molar-refractivity contribution in [3.05, 3.63) is 124 Å². The van der Waals surface area contributed by atoms with Crippen LogP contribution in [0.4, 0.5) is 0 Å².